The lowest BCUT2D eigenvalue weighted by molar-refractivity contribution is 1.15. The minimum Gasteiger partial charge on any atom is -0.336 e. The summed E-state index contributed by atoms with van der Waals surface area (Å²) in [6, 6.07) is 1.95. The Bertz CT molecular complexity index is 598. The van der Waals surface area contributed by atoms with Crippen LogP contribution in [0.3, 0.4) is 0 Å². The maximum absolute atomic E-state index is 4.38. The van der Waals surface area contributed by atoms with Crippen molar-refractivity contribution in [1.82, 2.24) is 24.5 Å². The first kappa shape index (κ1) is 8.49. The van der Waals surface area contributed by atoms with E-state index in [2.05, 4.69) is 24.5 Å². The highest BCUT2D eigenvalue weighted by Crippen LogP contribution is 2.22. The highest BCUT2D eigenvalue weighted by Gasteiger charge is 2.08. The molecule has 1 N–H and O–H groups in total. The van der Waals surface area contributed by atoms with Crippen molar-refractivity contribution in [3.8, 4) is 10.7 Å². The third kappa shape index (κ3) is 1.30. The van der Waals surface area contributed by atoms with Crippen molar-refractivity contribution in [2.24, 2.45) is 0 Å². The van der Waals surface area contributed by atoms with Gasteiger partial charge in [-0.3, -0.25) is 0 Å². The summed E-state index contributed by atoms with van der Waals surface area (Å²) in [5.41, 5.74) is 2.84. The number of pyridine rings is 1. The van der Waals surface area contributed by atoms with Gasteiger partial charge in [-0.15, -0.1) is 5.10 Å². The second-order valence-corrected chi connectivity index (χ2v) is 3.98. The van der Waals surface area contributed by atoms with E-state index in [9.17, 15) is 0 Å². The number of nitrogens with zero attached hydrogens (tertiary/aromatic N) is 4. The number of hydrogen-bond donors (Lipinski definition) is 1. The van der Waals surface area contributed by atoms with Gasteiger partial charge in [-0.1, -0.05) is 4.49 Å². The van der Waals surface area contributed by atoms with Gasteiger partial charge in [0.15, 0.2) is 11.5 Å². The van der Waals surface area contributed by atoms with Gasteiger partial charge >= 0.3 is 0 Å². The molecule has 0 aliphatic carbocycles. The molecule has 0 amide bonds. The van der Waals surface area contributed by atoms with E-state index < -0.39 is 0 Å². The van der Waals surface area contributed by atoms with Gasteiger partial charge in [-0.25, -0.2) is 9.97 Å². The second kappa shape index (κ2) is 3.09. The zero-order valence-corrected chi connectivity index (χ0v) is 8.75. The van der Waals surface area contributed by atoms with Crippen LogP contribution in [0.2, 0.25) is 0 Å². The van der Waals surface area contributed by atoms with Crippen molar-refractivity contribution in [2.45, 2.75) is 6.92 Å². The first-order chi connectivity index (χ1) is 7.34. The Balaban J connectivity index is 2.27. The summed E-state index contributed by atoms with van der Waals surface area (Å²) in [6.07, 6.45) is 3.45. The fourth-order valence-electron chi connectivity index (χ4n) is 1.42. The monoisotopic (exact) mass is 217 g/mol. The van der Waals surface area contributed by atoms with Crippen LogP contribution in [0.5, 0.6) is 0 Å². The molecule has 0 spiro atoms. The molecule has 0 radical (unpaired) electrons. The molecule has 0 aliphatic rings. The minimum absolute atomic E-state index is 0.735. The predicted molar refractivity (Wildman–Crippen MR) is 57.5 cm³/mol. The van der Waals surface area contributed by atoms with Crippen molar-refractivity contribution in [3.05, 3.63) is 24.0 Å². The molecule has 0 bridgehead atoms. The number of rotatable bonds is 1. The van der Waals surface area contributed by atoms with Crippen LogP contribution in [0.1, 0.15) is 5.56 Å². The average molecular weight is 217 g/mol. The Labute approximate surface area is 89.4 Å². The highest BCUT2D eigenvalue weighted by molar-refractivity contribution is 7.09. The fraction of sp³-hybridized carbons (Fsp3) is 0.111. The van der Waals surface area contributed by atoms with Crippen LogP contribution >= 0.6 is 11.5 Å². The van der Waals surface area contributed by atoms with E-state index in [-0.39, 0.29) is 0 Å². The average Bonchev–Trinajstić information content (AvgIpc) is 2.86. The summed E-state index contributed by atoms with van der Waals surface area (Å²) in [5, 5.41) is 3.78. The molecule has 0 saturated carbocycles. The van der Waals surface area contributed by atoms with Gasteiger partial charge in [-0.05, 0) is 30.1 Å². The zero-order valence-electron chi connectivity index (χ0n) is 7.93. The Hall–Kier alpha value is -1.82. The lowest BCUT2D eigenvalue weighted by atomic mass is 10.3. The van der Waals surface area contributed by atoms with Gasteiger partial charge in [0.25, 0.3) is 0 Å². The zero-order chi connectivity index (χ0) is 10.3. The molecule has 0 aromatic carbocycles. The molecule has 3 heterocycles. The van der Waals surface area contributed by atoms with E-state index in [0.717, 1.165) is 27.4 Å². The molecule has 0 saturated heterocycles. The summed E-state index contributed by atoms with van der Waals surface area (Å²) >= 11 is 1.31. The van der Waals surface area contributed by atoms with Gasteiger partial charge in [-0.2, -0.15) is 0 Å². The normalized spacial score (nSPS) is 11.0. The van der Waals surface area contributed by atoms with Crippen molar-refractivity contribution in [2.75, 3.05) is 0 Å². The summed E-state index contributed by atoms with van der Waals surface area (Å²) in [4.78, 5) is 12.7. The number of nitrogens with one attached hydrogen (secondary N) is 1. The number of aryl methyl sites for hydroxylation is 1. The molecular formula is C9H7N5S. The van der Waals surface area contributed by atoms with Gasteiger partial charge in [0.2, 0.25) is 0 Å². The molecule has 0 aliphatic heterocycles. The van der Waals surface area contributed by atoms with Crippen LogP contribution in [-0.2, 0) is 0 Å². The molecule has 3 aromatic heterocycles. The van der Waals surface area contributed by atoms with Crippen LogP contribution in [0.25, 0.3) is 21.9 Å². The molecule has 3 rings (SSSR count). The molecule has 0 unspecified atom stereocenters. The number of hydrogen-bond acceptors (Lipinski definition) is 5. The Kier molecular flexibility index (Phi) is 1.75. The second-order valence-electron chi connectivity index (χ2n) is 3.19. The standard InChI is InChI=1S/C9H7N5S/c1-5-2-3-10-9-7(5)12-8(13-9)6-4-11-14-15-6/h2-4H,1H3,(H,10,12,13). The van der Waals surface area contributed by atoms with E-state index >= 15 is 0 Å². The number of aromatic nitrogens is 5. The maximum Gasteiger partial charge on any atom is 0.178 e. The van der Waals surface area contributed by atoms with Crippen molar-refractivity contribution in [1.29, 1.82) is 0 Å². The molecular weight excluding hydrogens is 210 g/mol. The maximum atomic E-state index is 4.38. The molecule has 5 nitrogen and oxygen atoms in total. The summed E-state index contributed by atoms with van der Waals surface area (Å²) < 4.78 is 3.80. The smallest absolute Gasteiger partial charge is 0.178 e. The van der Waals surface area contributed by atoms with Crippen LogP contribution in [-0.4, -0.2) is 24.5 Å². The molecule has 0 atom stereocenters. The van der Waals surface area contributed by atoms with E-state index in [1.165, 1.54) is 11.5 Å². The molecule has 74 valence electrons. The van der Waals surface area contributed by atoms with Crippen molar-refractivity contribution < 1.29 is 0 Å². The van der Waals surface area contributed by atoms with Crippen LogP contribution in [0, 0.1) is 6.92 Å². The van der Waals surface area contributed by atoms with E-state index in [0.29, 0.717) is 0 Å². The number of H-pyrrole nitrogens is 1. The Morgan fingerprint density at radius 2 is 2.33 bits per heavy atom. The fourth-order valence-corrected chi connectivity index (χ4v) is 1.88. The van der Waals surface area contributed by atoms with Gasteiger partial charge in [0.1, 0.15) is 4.88 Å². The molecule has 0 fully saturated rings. The summed E-state index contributed by atoms with van der Waals surface area (Å²) in [5.74, 6) is 0.779. The first-order valence-electron chi connectivity index (χ1n) is 4.43. The van der Waals surface area contributed by atoms with Gasteiger partial charge in [0.05, 0.1) is 11.7 Å². The molecule has 15 heavy (non-hydrogen) atoms. The van der Waals surface area contributed by atoms with Crippen molar-refractivity contribution in [3.63, 3.8) is 0 Å². The Morgan fingerprint density at radius 3 is 3.07 bits per heavy atom. The lowest BCUT2D eigenvalue weighted by Gasteiger charge is -1.90. The topological polar surface area (TPSA) is 67.3 Å². The highest BCUT2D eigenvalue weighted by atomic mass is 32.1. The molecule has 6 heteroatoms. The summed E-state index contributed by atoms with van der Waals surface area (Å²) in [6.45, 7) is 2.02. The van der Waals surface area contributed by atoms with E-state index in [1.807, 2.05) is 13.0 Å². The first-order valence-corrected chi connectivity index (χ1v) is 5.21. The van der Waals surface area contributed by atoms with E-state index in [1.54, 1.807) is 12.4 Å². The van der Waals surface area contributed by atoms with E-state index in [4.69, 9.17) is 0 Å². The van der Waals surface area contributed by atoms with Crippen molar-refractivity contribution >= 4 is 22.7 Å². The summed E-state index contributed by atoms with van der Waals surface area (Å²) in [7, 11) is 0. The SMILES string of the molecule is Cc1ccnc2nc(-c3cnns3)[nH]c12. The van der Waals surface area contributed by atoms with Crippen LogP contribution in [0.15, 0.2) is 18.5 Å². The lowest BCUT2D eigenvalue weighted by Crippen LogP contribution is -1.78. The minimum atomic E-state index is 0.735. The molecule has 3 aromatic rings. The largest absolute Gasteiger partial charge is 0.336 e. The number of fused-ring (bicyclic) bond motifs is 1. The number of aromatic amines is 1. The van der Waals surface area contributed by atoms with Crippen LogP contribution in [0.4, 0.5) is 0 Å². The Morgan fingerprint density at radius 1 is 1.40 bits per heavy atom. The third-order valence-corrected chi connectivity index (χ3v) is 2.87. The third-order valence-electron chi connectivity index (χ3n) is 2.20. The van der Waals surface area contributed by atoms with Gasteiger partial charge in [0, 0.05) is 6.20 Å². The quantitative estimate of drug-likeness (QED) is 0.674. The van der Waals surface area contributed by atoms with Crippen LogP contribution < -0.4 is 0 Å². The predicted octanol–water partition coefficient (Wildman–Crippen LogP) is 1.78. The number of imidazole rings is 1. The van der Waals surface area contributed by atoms with Gasteiger partial charge < -0.3 is 4.98 Å².